The monoisotopic (exact) mass is 1000 g/mol. The van der Waals surface area contributed by atoms with Crippen molar-refractivity contribution in [3.05, 3.63) is 36.5 Å². The minimum absolute atomic E-state index is 0.112. The van der Waals surface area contributed by atoms with E-state index < -0.39 is 43.4 Å². The fourth-order valence-electron chi connectivity index (χ4n) is 9.56. The number of unbranched alkanes of at least 4 members (excludes halogenated alkanes) is 37. The van der Waals surface area contributed by atoms with Crippen LogP contribution in [0, 0.1) is 0 Å². The quantitative estimate of drug-likeness (QED) is 0.0267. The predicted octanol–water partition coefficient (Wildman–Crippen LogP) is 16.2. The van der Waals surface area contributed by atoms with Crippen LogP contribution in [-0.4, -0.2) is 89.6 Å². The van der Waals surface area contributed by atoms with E-state index in [1.165, 1.54) is 225 Å². The number of allylic oxidation sites excluding steroid dienone is 6. The lowest BCUT2D eigenvalue weighted by Crippen LogP contribution is -2.59. The highest BCUT2D eigenvalue weighted by Gasteiger charge is 2.44. The van der Waals surface area contributed by atoms with Crippen LogP contribution in [0.3, 0.4) is 0 Å². The van der Waals surface area contributed by atoms with Crippen molar-refractivity contribution in [2.24, 2.45) is 0 Å². The Morgan fingerprint density at radius 3 is 1.23 bits per heavy atom. The number of esters is 1. The van der Waals surface area contributed by atoms with Gasteiger partial charge in [0.2, 0.25) is 0 Å². The standard InChI is InChI=1S/C62H116O9/c1-3-5-7-9-11-13-15-17-19-21-23-25-27-29-31-33-35-37-39-41-43-45-47-49-51-58(64)70-56(55-69-62-61(67)60(66)59(65)57(53-63)71-62)54-68-52-50-48-46-44-42-40-38-36-34-32-30-28-26-24-22-20-18-16-14-12-10-8-6-4-2/h16,18,22,24,28,30,56-57,59-63,65-67H,3-15,17,19-21,23,25-27,29,31-55H2,1-2H3/b18-16-,24-22-,30-28-. The van der Waals surface area contributed by atoms with Gasteiger partial charge in [-0.05, 0) is 51.4 Å². The van der Waals surface area contributed by atoms with Crippen molar-refractivity contribution in [1.29, 1.82) is 0 Å². The molecule has 4 N–H and O–H groups in total. The van der Waals surface area contributed by atoms with Crippen LogP contribution in [0.5, 0.6) is 0 Å². The van der Waals surface area contributed by atoms with Crippen LogP contribution >= 0.6 is 0 Å². The van der Waals surface area contributed by atoms with Gasteiger partial charge >= 0.3 is 5.97 Å². The first kappa shape index (κ1) is 67.4. The molecule has 1 rings (SSSR count). The Labute approximate surface area is 438 Å². The van der Waals surface area contributed by atoms with Crippen LogP contribution in [0.25, 0.3) is 0 Å². The van der Waals surface area contributed by atoms with E-state index in [1.54, 1.807) is 0 Å². The Morgan fingerprint density at radius 2 is 0.817 bits per heavy atom. The first-order valence-corrected chi connectivity index (χ1v) is 30.6. The molecule has 1 aliphatic rings. The number of aliphatic hydroxyl groups excluding tert-OH is 4. The Bertz CT molecular complexity index is 1190. The van der Waals surface area contributed by atoms with Gasteiger partial charge in [-0.15, -0.1) is 0 Å². The van der Waals surface area contributed by atoms with Crippen LogP contribution < -0.4 is 0 Å². The highest BCUT2D eigenvalue weighted by molar-refractivity contribution is 5.69. The van der Waals surface area contributed by atoms with Gasteiger partial charge in [-0.3, -0.25) is 4.79 Å². The third-order valence-corrected chi connectivity index (χ3v) is 14.3. The zero-order chi connectivity index (χ0) is 51.3. The van der Waals surface area contributed by atoms with Gasteiger partial charge in [0.1, 0.15) is 30.5 Å². The Hall–Kier alpha value is -1.59. The summed E-state index contributed by atoms with van der Waals surface area (Å²) in [6.45, 7) is 4.59. The summed E-state index contributed by atoms with van der Waals surface area (Å²) in [5, 5.41) is 40.4. The van der Waals surface area contributed by atoms with Crippen LogP contribution in [0.15, 0.2) is 36.5 Å². The van der Waals surface area contributed by atoms with E-state index in [4.69, 9.17) is 18.9 Å². The molecule has 71 heavy (non-hydrogen) atoms. The van der Waals surface area contributed by atoms with Crippen LogP contribution in [0.4, 0.5) is 0 Å². The molecule has 1 aliphatic heterocycles. The summed E-state index contributed by atoms with van der Waals surface area (Å²) in [5.74, 6) is -0.309. The van der Waals surface area contributed by atoms with Crippen LogP contribution in [-0.2, 0) is 23.7 Å². The summed E-state index contributed by atoms with van der Waals surface area (Å²) in [6, 6.07) is 0. The third kappa shape index (κ3) is 43.4. The summed E-state index contributed by atoms with van der Waals surface area (Å²) in [7, 11) is 0. The molecule has 0 spiro atoms. The molecule has 0 saturated carbocycles. The highest BCUT2D eigenvalue weighted by atomic mass is 16.7. The van der Waals surface area contributed by atoms with Crippen LogP contribution in [0.2, 0.25) is 0 Å². The summed E-state index contributed by atoms with van der Waals surface area (Å²) >= 11 is 0. The van der Waals surface area contributed by atoms with E-state index in [2.05, 4.69) is 50.3 Å². The first-order valence-electron chi connectivity index (χ1n) is 30.6. The fourth-order valence-corrected chi connectivity index (χ4v) is 9.56. The molecule has 0 bridgehead atoms. The maximum atomic E-state index is 12.9. The van der Waals surface area contributed by atoms with E-state index >= 15 is 0 Å². The molecule has 1 saturated heterocycles. The van der Waals surface area contributed by atoms with Crippen molar-refractivity contribution in [2.75, 3.05) is 26.4 Å². The summed E-state index contributed by atoms with van der Waals surface area (Å²) in [5.41, 5.74) is 0. The Balaban J connectivity index is 2.13. The Morgan fingerprint density at radius 1 is 0.451 bits per heavy atom. The van der Waals surface area contributed by atoms with Crippen molar-refractivity contribution in [2.45, 2.75) is 327 Å². The molecule has 0 aromatic carbocycles. The molecule has 9 heteroatoms. The van der Waals surface area contributed by atoms with Crippen LogP contribution in [0.1, 0.15) is 290 Å². The number of hydrogen-bond acceptors (Lipinski definition) is 9. The van der Waals surface area contributed by atoms with E-state index in [1.807, 2.05) is 0 Å². The predicted molar refractivity (Wildman–Crippen MR) is 298 cm³/mol. The molecule has 6 atom stereocenters. The normalized spacial score (nSPS) is 19.0. The summed E-state index contributed by atoms with van der Waals surface area (Å²) in [6.07, 6.45) is 60.6. The maximum Gasteiger partial charge on any atom is 0.306 e. The fraction of sp³-hybridized carbons (Fsp3) is 0.887. The molecule has 1 heterocycles. The van der Waals surface area contributed by atoms with E-state index in [9.17, 15) is 25.2 Å². The molecule has 9 nitrogen and oxygen atoms in total. The first-order chi connectivity index (χ1) is 34.9. The largest absolute Gasteiger partial charge is 0.457 e. The van der Waals surface area contributed by atoms with Gasteiger partial charge in [-0.2, -0.15) is 0 Å². The summed E-state index contributed by atoms with van der Waals surface area (Å²) < 4.78 is 23.0. The second kappa shape index (κ2) is 53.2. The number of carbonyl (C=O) groups is 1. The zero-order valence-electron chi connectivity index (χ0n) is 46.5. The lowest BCUT2D eigenvalue weighted by atomic mass is 9.99. The molecular formula is C62H116O9. The smallest absolute Gasteiger partial charge is 0.306 e. The van der Waals surface area contributed by atoms with Crippen molar-refractivity contribution in [3.8, 4) is 0 Å². The van der Waals surface area contributed by atoms with Gasteiger partial charge in [0.15, 0.2) is 6.29 Å². The van der Waals surface area contributed by atoms with Crippen molar-refractivity contribution < 1.29 is 44.2 Å². The number of aliphatic hydroxyl groups is 4. The van der Waals surface area contributed by atoms with Gasteiger partial charge in [-0.1, -0.05) is 269 Å². The van der Waals surface area contributed by atoms with Gasteiger partial charge in [0.25, 0.3) is 0 Å². The highest BCUT2D eigenvalue weighted by Crippen LogP contribution is 2.23. The van der Waals surface area contributed by atoms with E-state index in [-0.39, 0.29) is 19.2 Å². The topological polar surface area (TPSA) is 135 Å². The molecule has 6 unspecified atom stereocenters. The van der Waals surface area contributed by atoms with Gasteiger partial charge in [0, 0.05) is 13.0 Å². The number of rotatable bonds is 54. The van der Waals surface area contributed by atoms with Gasteiger partial charge in [-0.25, -0.2) is 0 Å². The molecule has 1 fully saturated rings. The maximum absolute atomic E-state index is 12.9. The molecule has 0 aromatic heterocycles. The zero-order valence-corrected chi connectivity index (χ0v) is 46.5. The molecule has 418 valence electrons. The van der Waals surface area contributed by atoms with Crippen molar-refractivity contribution in [3.63, 3.8) is 0 Å². The average Bonchev–Trinajstić information content (AvgIpc) is 3.37. The molecular weight excluding hydrogens is 889 g/mol. The second-order valence-corrected chi connectivity index (χ2v) is 21.2. The van der Waals surface area contributed by atoms with E-state index in [0.717, 1.165) is 44.9 Å². The minimum Gasteiger partial charge on any atom is -0.457 e. The van der Waals surface area contributed by atoms with Gasteiger partial charge in [0.05, 0.1) is 19.8 Å². The third-order valence-electron chi connectivity index (χ3n) is 14.3. The van der Waals surface area contributed by atoms with Gasteiger partial charge < -0.3 is 39.4 Å². The Kier molecular flexibility index (Phi) is 50.6. The summed E-state index contributed by atoms with van der Waals surface area (Å²) in [4.78, 5) is 12.9. The number of ether oxygens (including phenoxy) is 4. The molecule has 0 radical (unpaired) electrons. The lowest BCUT2D eigenvalue weighted by molar-refractivity contribution is -0.305. The number of hydrogen-bond donors (Lipinski definition) is 4. The molecule has 0 aliphatic carbocycles. The SMILES string of the molecule is CCCCCCC/C=C\C/C=C\C/C=C\CCCCCCCCCCCOCC(COC1OC(CO)C(O)C(O)C1O)OC(=O)CCCCCCCCCCCCCCCCCCCCCCCCCC. The second-order valence-electron chi connectivity index (χ2n) is 21.2. The van der Waals surface area contributed by atoms with E-state index in [0.29, 0.717) is 13.0 Å². The van der Waals surface area contributed by atoms with Crippen molar-refractivity contribution >= 4 is 5.97 Å². The molecule has 0 aromatic rings. The lowest BCUT2D eigenvalue weighted by Gasteiger charge is -2.39. The average molecular weight is 1010 g/mol. The number of carbonyl (C=O) groups excluding carboxylic acids is 1. The minimum atomic E-state index is -1.54. The van der Waals surface area contributed by atoms with Crippen molar-refractivity contribution in [1.82, 2.24) is 0 Å². The molecule has 0 amide bonds.